The summed E-state index contributed by atoms with van der Waals surface area (Å²) in [6, 6.07) is 13.4. The van der Waals surface area contributed by atoms with Gasteiger partial charge in [-0.3, -0.25) is 9.89 Å². The summed E-state index contributed by atoms with van der Waals surface area (Å²) in [4.78, 5) is 17.4. The van der Waals surface area contributed by atoms with Crippen LogP contribution in [0.2, 0.25) is 0 Å². The number of nitrogens with zero attached hydrogens (tertiary/aromatic N) is 3. The van der Waals surface area contributed by atoms with Gasteiger partial charge in [0, 0.05) is 35.8 Å². The highest BCUT2D eigenvalue weighted by Gasteiger charge is 2.14. The van der Waals surface area contributed by atoms with Gasteiger partial charge in [-0.1, -0.05) is 24.3 Å². The highest BCUT2D eigenvalue weighted by molar-refractivity contribution is 6.11. The molecule has 27 heavy (non-hydrogen) atoms. The van der Waals surface area contributed by atoms with Crippen LogP contribution in [-0.4, -0.2) is 25.7 Å². The van der Waals surface area contributed by atoms with Gasteiger partial charge in [0.15, 0.2) is 0 Å². The molecule has 0 bridgehead atoms. The molecule has 6 heteroatoms. The van der Waals surface area contributed by atoms with Crippen LogP contribution in [-0.2, 0) is 13.0 Å². The summed E-state index contributed by atoms with van der Waals surface area (Å²) in [7, 11) is 0. The first-order valence-corrected chi connectivity index (χ1v) is 9.18. The predicted molar refractivity (Wildman–Crippen MR) is 105 cm³/mol. The van der Waals surface area contributed by atoms with E-state index in [1.54, 1.807) is 12.3 Å². The van der Waals surface area contributed by atoms with Crippen LogP contribution in [0.15, 0.2) is 54.9 Å². The zero-order valence-electron chi connectivity index (χ0n) is 14.8. The maximum absolute atomic E-state index is 12.6. The van der Waals surface area contributed by atoms with Crippen molar-refractivity contribution in [3.63, 3.8) is 0 Å². The third kappa shape index (κ3) is 2.89. The smallest absolute Gasteiger partial charge is 0.257 e. The molecule has 2 N–H and O–H groups in total. The third-order valence-corrected chi connectivity index (χ3v) is 5.07. The Kier molecular flexibility index (Phi) is 3.74. The maximum Gasteiger partial charge on any atom is 0.257 e. The second kappa shape index (κ2) is 6.39. The molecule has 0 unspecified atom stereocenters. The molecule has 0 saturated heterocycles. The molecule has 0 spiro atoms. The number of H-pyrrole nitrogens is 1. The normalized spacial score (nSPS) is 13.5. The topological polar surface area (TPSA) is 75.6 Å². The molecule has 2 aromatic heterocycles. The van der Waals surface area contributed by atoms with E-state index < -0.39 is 0 Å². The van der Waals surface area contributed by atoms with E-state index in [1.165, 1.54) is 18.7 Å². The molecule has 5 rings (SSSR count). The first-order valence-electron chi connectivity index (χ1n) is 9.18. The van der Waals surface area contributed by atoms with Crippen LogP contribution in [0, 0.1) is 0 Å². The van der Waals surface area contributed by atoms with Gasteiger partial charge in [0.1, 0.15) is 5.82 Å². The fraction of sp³-hybridized carbons (Fsp3) is 0.190. The van der Waals surface area contributed by atoms with Crippen LogP contribution < -0.4 is 5.32 Å². The average Bonchev–Trinajstić information content (AvgIpc) is 3.35. The Morgan fingerprint density at radius 3 is 2.85 bits per heavy atom. The monoisotopic (exact) mass is 357 g/mol. The molecule has 6 nitrogen and oxygen atoms in total. The Morgan fingerprint density at radius 2 is 2.00 bits per heavy atom. The fourth-order valence-electron chi connectivity index (χ4n) is 3.63. The van der Waals surface area contributed by atoms with Crippen molar-refractivity contribution in [2.24, 2.45) is 0 Å². The van der Waals surface area contributed by atoms with Crippen molar-refractivity contribution < 1.29 is 4.79 Å². The lowest BCUT2D eigenvalue weighted by molar-refractivity contribution is 0.102. The summed E-state index contributed by atoms with van der Waals surface area (Å²) >= 11 is 0. The molecule has 0 saturated carbocycles. The molecule has 1 aliphatic rings. The maximum atomic E-state index is 12.6. The van der Waals surface area contributed by atoms with Gasteiger partial charge >= 0.3 is 0 Å². The molecule has 0 fully saturated rings. The van der Waals surface area contributed by atoms with Gasteiger partial charge in [-0.15, -0.1) is 0 Å². The van der Waals surface area contributed by atoms with E-state index in [1.807, 2.05) is 36.4 Å². The number of anilines is 1. The minimum atomic E-state index is -0.157. The summed E-state index contributed by atoms with van der Waals surface area (Å²) in [5, 5.41) is 10.8. The lowest BCUT2D eigenvalue weighted by Crippen LogP contribution is -2.12. The minimum Gasteiger partial charge on any atom is -0.334 e. The quantitative estimate of drug-likeness (QED) is 0.581. The standard InChI is InChI=1S/C21H19N5O/c27-21(17-5-3-4-15-12-22-25-20(15)17)23-16-9-7-14(8-10-16)18-13-26-11-2-1-6-19(26)24-18/h3-5,7-10,12-13H,1-2,6,11H2,(H,22,25)(H,23,27). The number of aromatic amines is 1. The van der Waals surface area contributed by atoms with Crippen molar-refractivity contribution in [2.45, 2.75) is 25.8 Å². The van der Waals surface area contributed by atoms with E-state index in [-0.39, 0.29) is 5.91 Å². The zero-order chi connectivity index (χ0) is 18.2. The molecule has 0 atom stereocenters. The molecule has 1 aliphatic heterocycles. The summed E-state index contributed by atoms with van der Waals surface area (Å²) in [6.07, 6.45) is 7.32. The Bertz CT molecular complexity index is 1100. The number of para-hydroxylation sites is 1. The number of carbonyl (C=O) groups is 1. The number of aromatic nitrogens is 4. The van der Waals surface area contributed by atoms with Gasteiger partial charge < -0.3 is 9.88 Å². The summed E-state index contributed by atoms with van der Waals surface area (Å²) in [5.41, 5.74) is 4.13. The molecule has 4 aromatic rings. The van der Waals surface area contributed by atoms with Crippen molar-refractivity contribution in [3.8, 4) is 11.3 Å². The number of imidazole rings is 1. The Labute approximate surface area is 156 Å². The largest absolute Gasteiger partial charge is 0.334 e. The Hall–Kier alpha value is -3.41. The van der Waals surface area contributed by atoms with E-state index in [0.29, 0.717) is 5.56 Å². The first-order chi connectivity index (χ1) is 13.3. The van der Waals surface area contributed by atoms with E-state index in [4.69, 9.17) is 4.98 Å². The number of aryl methyl sites for hydroxylation is 2. The molecule has 1 amide bonds. The van der Waals surface area contributed by atoms with Gasteiger partial charge in [0.05, 0.1) is 23.0 Å². The number of benzene rings is 2. The van der Waals surface area contributed by atoms with Crippen molar-refractivity contribution in [3.05, 3.63) is 66.2 Å². The fourth-order valence-corrected chi connectivity index (χ4v) is 3.63. The number of hydrogen-bond donors (Lipinski definition) is 2. The summed E-state index contributed by atoms with van der Waals surface area (Å²) in [5.74, 6) is 1.01. The Morgan fingerprint density at radius 1 is 1.11 bits per heavy atom. The lowest BCUT2D eigenvalue weighted by Gasteiger charge is -2.11. The van der Waals surface area contributed by atoms with Gasteiger partial charge in [-0.2, -0.15) is 5.10 Å². The molecular formula is C21H19N5O. The molecule has 2 aromatic carbocycles. The zero-order valence-corrected chi connectivity index (χ0v) is 14.8. The van der Waals surface area contributed by atoms with Crippen molar-refractivity contribution >= 4 is 22.5 Å². The summed E-state index contributed by atoms with van der Waals surface area (Å²) in [6.45, 7) is 1.05. The van der Waals surface area contributed by atoms with E-state index in [0.717, 1.165) is 40.8 Å². The molecule has 0 aliphatic carbocycles. The molecule has 3 heterocycles. The van der Waals surface area contributed by atoms with Crippen LogP contribution >= 0.6 is 0 Å². The van der Waals surface area contributed by atoms with Crippen LogP contribution in [0.4, 0.5) is 5.69 Å². The molecular weight excluding hydrogens is 338 g/mol. The molecule has 0 radical (unpaired) electrons. The van der Waals surface area contributed by atoms with Crippen molar-refractivity contribution in [1.82, 2.24) is 19.7 Å². The van der Waals surface area contributed by atoms with Crippen molar-refractivity contribution in [1.29, 1.82) is 0 Å². The summed E-state index contributed by atoms with van der Waals surface area (Å²) < 4.78 is 2.25. The third-order valence-electron chi connectivity index (χ3n) is 5.07. The SMILES string of the molecule is O=C(Nc1ccc(-c2cn3c(n2)CCCC3)cc1)c1cccc2cn[nH]c12. The van der Waals surface area contributed by atoms with E-state index in [9.17, 15) is 4.79 Å². The van der Waals surface area contributed by atoms with Gasteiger partial charge in [0.2, 0.25) is 0 Å². The first kappa shape index (κ1) is 15.8. The number of carbonyl (C=O) groups excluding carboxylic acids is 1. The van der Waals surface area contributed by atoms with Gasteiger partial charge in [-0.25, -0.2) is 4.98 Å². The predicted octanol–water partition coefficient (Wildman–Crippen LogP) is 4.02. The number of rotatable bonds is 3. The lowest BCUT2D eigenvalue weighted by atomic mass is 10.1. The minimum absolute atomic E-state index is 0.157. The van der Waals surface area contributed by atoms with Crippen LogP contribution in [0.5, 0.6) is 0 Å². The molecule has 134 valence electrons. The van der Waals surface area contributed by atoms with Crippen molar-refractivity contribution in [2.75, 3.05) is 5.32 Å². The van der Waals surface area contributed by atoms with Crippen LogP contribution in [0.3, 0.4) is 0 Å². The van der Waals surface area contributed by atoms with E-state index >= 15 is 0 Å². The van der Waals surface area contributed by atoms with Crippen LogP contribution in [0.1, 0.15) is 29.0 Å². The number of fused-ring (bicyclic) bond motifs is 2. The highest BCUT2D eigenvalue weighted by atomic mass is 16.1. The average molecular weight is 357 g/mol. The van der Waals surface area contributed by atoms with Crippen LogP contribution in [0.25, 0.3) is 22.2 Å². The second-order valence-electron chi connectivity index (χ2n) is 6.86. The van der Waals surface area contributed by atoms with Gasteiger partial charge in [0.25, 0.3) is 5.91 Å². The number of nitrogens with one attached hydrogen (secondary N) is 2. The number of hydrogen-bond acceptors (Lipinski definition) is 3. The highest BCUT2D eigenvalue weighted by Crippen LogP contribution is 2.24. The Balaban J connectivity index is 1.37. The second-order valence-corrected chi connectivity index (χ2v) is 6.86. The van der Waals surface area contributed by atoms with Gasteiger partial charge in [-0.05, 0) is 31.0 Å². The number of amides is 1. The van der Waals surface area contributed by atoms with E-state index in [2.05, 4.69) is 26.3 Å².